The van der Waals surface area contributed by atoms with E-state index in [0.717, 1.165) is 24.9 Å². The lowest BCUT2D eigenvalue weighted by molar-refractivity contribution is 0.106. The first-order chi connectivity index (χ1) is 6.50. The highest BCUT2D eigenvalue weighted by atomic mass is 15.1. The normalized spacial score (nSPS) is 29.4. The van der Waals surface area contributed by atoms with Gasteiger partial charge in [-0.25, -0.2) is 0 Å². The third-order valence-corrected chi connectivity index (χ3v) is 3.64. The minimum absolute atomic E-state index is 0.370. The molecule has 0 bridgehead atoms. The first-order valence-electron chi connectivity index (χ1n) is 5.96. The van der Waals surface area contributed by atoms with Crippen LogP contribution >= 0.6 is 0 Å². The average Bonchev–Trinajstić information content (AvgIpc) is 2.08. The largest absolute Gasteiger partial charge is 0.327 e. The van der Waals surface area contributed by atoms with Gasteiger partial charge in [0.2, 0.25) is 0 Å². The molecule has 2 nitrogen and oxygen atoms in total. The highest BCUT2D eigenvalue weighted by Crippen LogP contribution is 2.30. The van der Waals surface area contributed by atoms with Crippen molar-refractivity contribution in [2.45, 2.75) is 52.1 Å². The molecular weight excluding hydrogens is 172 g/mol. The third-order valence-electron chi connectivity index (χ3n) is 3.64. The van der Waals surface area contributed by atoms with Crippen LogP contribution in [0.2, 0.25) is 0 Å². The second-order valence-electron chi connectivity index (χ2n) is 5.41. The van der Waals surface area contributed by atoms with Gasteiger partial charge in [-0.1, -0.05) is 20.8 Å². The predicted octanol–water partition coefficient (Wildman–Crippen LogP) is 2.09. The van der Waals surface area contributed by atoms with Gasteiger partial charge in [0.15, 0.2) is 0 Å². The minimum Gasteiger partial charge on any atom is -0.327 e. The summed E-state index contributed by atoms with van der Waals surface area (Å²) in [5.74, 6) is 1.56. The number of hydrogen-bond donors (Lipinski definition) is 1. The van der Waals surface area contributed by atoms with E-state index in [9.17, 15) is 0 Å². The van der Waals surface area contributed by atoms with E-state index in [4.69, 9.17) is 5.73 Å². The monoisotopic (exact) mass is 198 g/mol. The number of nitrogens with zero attached hydrogens (tertiary/aromatic N) is 1. The van der Waals surface area contributed by atoms with E-state index in [-0.39, 0.29) is 0 Å². The lowest BCUT2D eigenvalue weighted by atomic mass is 9.81. The van der Waals surface area contributed by atoms with Crippen LogP contribution in [0.1, 0.15) is 40.0 Å². The lowest BCUT2D eigenvalue weighted by Gasteiger charge is -2.40. The van der Waals surface area contributed by atoms with Gasteiger partial charge in [0.25, 0.3) is 0 Å². The van der Waals surface area contributed by atoms with Crippen LogP contribution in [0.25, 0.3) is 0 Å². The van der Waals surface area contributed by atoms with Crippen LogP contribution in [0.15, 0.2) is 0 Å². The second-order valence-corrected chi connectivity index (χ2v) is 5.41. The molecule has 84 valence electrons. The van der Waals surface area contributed by atoms with Gasteiger partial charge < -0.3 is 10.6 Å². The maximum atomic E-state index is 6.03. The van der Waals surface area contributed by atoms with Crippen LogP contribution in [-0.2, 0) is 0 Å². The fourth-order valence-corrected chi connectivity index (χ4v) is 2.09. The Hall–Kier alpha value is -0.0800. The van der Waals surface area contributed by atoms with Crippen molar-refractivity contribution in [3.8, 4) is 0 Å². The van der Waals surface area contributed by atoms with Crippen molar-refractivity contribution >= 4 is 0 Å². The summed E-state index contributed by atoms with van der Waals surface area (Å²) in [5.41, 5.74) is 6.03. The van der Waals surface area contributed by atoms with E-state index in [1.165, 1.54) is 12.8 Å². The molecule has 0 saturated heterocycles. The van der Waals surface area contributed by atoms with Crippen molar-refractivity contribution in [3.05, 3.63) is 0 Å². The Labute approximate surface area is 88.8 Å². The van der Waals surface area contributed by atoms with Crippen LogP contribution in [-0.4, -0.2) is 30.6 Å². The molecule has 1 saturated carbocycles. The number of nitrogens with two attached hydrogens (primary N) is 1. The zero-order chi connectivity index (χ0) is 10.7. The average molecular weight is 198 g/mol. The molecule has 1 aliphatic carbocycles. The van der Waals surface area contributed by atoms with E-state index in [2.05, 4.69) is 32.7 Å². The molecule has 0 radical (unpaired) electrons. The van der Waals surface area contributed by atoms with Crippen LogP contribution < -0.4 is 5.73 Å². The molecule has 0 aliphatic heterocycles. The Morgan fingerprint density at radius 2 is 1.93 bits per heavy atom. The van der Waals surface area contributed by atoms with Crippen molar-refractivity contribution in [1.82, 2.24) is 4.90 Å². The molecule has 1 unspecified atom stereocenters. The van der Waals surface area contributed by atoms with Gasteiger partial charge in [-0.2, -0.15) is 0 Å². The van der Waals surface area contributed by atoms with E-state index < -0.39 is 0 Å². The highest BCUT2D eigenvalue weighted by molar-refractivity contribution is 4.83. The van der Waals surface area contributed by atoms with Gasteiger partial charge in [0.1, 0.15) is 0 Å². The van der Waals surface area contributed by atoms with Crippen molar-refractivity contribution < 1.29 is 0 Å². The van der Waals surface area contributed by atoms with Gasteiger partial charge in [0.05, 0.1) is 0 Å². The maximum absolute atomic E-state index is 6.03. The summed E-state index contributed by atoms with van der Waals surface area (Å²) in [5, 5.41) is 0. The molecule has 0 amide bonds. The maximum Gasteiger partial charge on any atom is 0.00973 e. The van der Waals surface area contributed by atoms with Gasteiger partial charge in [-0.05, 0) is 44.7 Å². The molecule has 0 aromatic rings. The smallest absolute Gasteiger partial charge is 0.00973 e. The van der Waals surface area contributed by atoms with Crippen LogP contribution in [0.4, 0.5) is 0 Å². The Bertz CT molecular complexity index is 162. The van der Waals surface area contributed by atoms with Crippen molar-refractivity contribution in [1.29, 1.82) is 0 Å². The fraction of sp³-hybridized carbons (Fsp3) is 1.00. The topological polar surface area (TPSA) is 29.3 Å². The molecular formula is C12H26N2. The number of hydrogen-bond acceptors (Lipinski definition) is 2. The zero-order valence-electron chi connectivity index (χ0n) is 10.2. The molecule has 1 rings (SSSR count). The summed E-state index contributed by atoms with van der Waals surface area (Å²) >= 11 is 0. The zero-order valence-corrected chi connectivity index (χ0v) is 10.2. The molecule has 0 aromatic heterocycles. The Balaban J connectivity index is 2.12. The Morgan fingerprint density at radius 1 is 1.36 bits per heavy atom. The van der Waals surface area contributed by atoms with Gasteiger partial charge in [-0.15, -0.1) is 0 Å². The van der Waals surface area contributed by atoms with Crippen molar-refractivity contribution in [2.75, 3.05) is 13.6 Å². The SMILES string of the molecule is CC1CC(N(C)CCC(N)C(C)C)C1. The Morgan fingerprint density at radius 3 is 2.36 bits per heavy atom. The Kier molecular flexibility index (Phi) is 4.39. The molecule has 14 heavy (non-hydrogen) atoms. The van der Waals surface area contributed by atoms with Crippen LogP contribution in [0.3, 0.4) is 0 Å². The van der Waals surface area contributed by atoms with Gasteiger partial charge >= 0.3 is 0 Å². The molecule has 1 fully saturated rings. The van der Waals surface area contributed by atoms with E-state index in [1.54, 1.807) is 0 Å². The van der Waals surface area contributed by atoms with Crippen molar-refractivity contribution in [2.24, 2.45) is 17.6 Å². The molecule has 2 heteroatoms. The molecule has 0 heterocycles. The third kappa shape index (κ3) is 3.25. The fourth-order valence-electron chi connectivity index (χ4n) is 2.09. The van der Waals surface area contributed by atoms with Crippen LogP contribution in [0, 0.1) is 11.8 Å². The summed E-state index contributed by atoms with van der Waals surface area (Å²) in [6.07, 6.45) is 3.90. The molecule has 1 atom stereocenters. The van der Waals surface area contributed by atoms with E-state index >= 15 is 0 Å². The van der Waals surface area contributed by atoms with E-state index in [0.29, 0.717) is 12.0 Å². The standard InChI is InChI=1S/C12H26N2/c1-9(2)12(13)5-6-14(4)11-7-10(3)8-11/h9-12H,5-8,13H2,1-4H3. The van der Waals surface area contributed by atoms with Gasteiger partial charge in [-0.3, -0.25) is 0 Å². The predicted molar refractivity (Wildman–Crippen MR) is 62.2 cm³/mol. The van der Waals surface area contributed by atoms with Crippen LogP contribution in [0.5, 0.6) is 0 Å². The molecule has 1 aliphatic rings. The highest BCUT2D eigenvalue weighted by Gasteiger charge is 2.28. The van der Waals surface area contributed by atoms with Crippen molar-refractivity contribution in [3.63, 3.8) is 0 Å². The minimum atomic E-state index is 0.370. The first-order valence-corrected chi connectivity index (χ1v) is 5.96. The quantitative estimate of drug-likeness (QED) is 0.733. The second kappa shape index (κ2) is 5.13. The van der Waals surface area contributed by atoms with E-state index in [1.807, 2.05) is 0 Å². The summed E-state index contributed by atoms with van der Waals surface area (Å²) in [6.45, 7) is 7.91. The van der Waals surface area contributed by atoms with Gasteiger partial charge in [0, 0.05) is 12.1 Å². The molecule has 0 spiro atoms. The summed E-state index contributed by atoms with van der Waals surface area (Å²) < 4.78 is 0. The summed E-state index contributed by atoms with van der Waals surface area (Å²) in [6, 6.07) is 1.21. The first kappa shape index (κ1) is 12.0. The summed E-state index contributed by atoms with van der Waals surface area (Å²) in [4.78, 5) is 2.49. The molecule has 0 aromatic carbocycles. The molecule has 2 N–H and O–H groups in total. The number of rotatable bonds is 5. The lowest BCUT2D eigenvalue weighted by Crippen LogP contribution is -2.43. The summed E-state index contributed by atoms with van der Waals surface area (Å²) in [7, 11) is 2.24.